The molecular weight excluding hydrogens is 318 g/mol. The topological polar surface area (TPSA) is 72.4 Å². The molecule has 0 aromatic heterocycles. The second kappa shape index (κ2) is 11.7. The van der Waals surface area contributed by atoms with Crippen molar-refractivity contribution in [2.75, 3.05) is 65.6 Å². The van der Waals surface area contributed by atoms with E-state index in [9.17, 15) is 5.11 Å². The quantitative estimate of drug-likeness (QED) is 0.387. The lowest BCUT2D eigenvalue weighted by atomic mass is 10.1. The van der Waals surface area contributed by atoms with Gasteiger partial charge in [0.1, 0.15) is 0 Å². The summed E-state index contributed by atoms with van der Waals surface area (Å²) >= 11 is 0. The van der Waals surface area contributed by atoms with Crippen molar-refractivity contribution in [1.29, 1.82) is 0 Å². The van der Waals surface area contributed by atoms with Gasteiger partial charge in [-0.2, -0.15) is 0 Å². The Kier molecular flexibility index (Phi) is 10.3. The van der Waals surface area contributed by atoms with E-state index in [1.165, 1.54) is 0 Å². The Morgan fingerprint density at radius 1 is 1.24 bits per heavy atom. The molecule has 0 aromatic carbocycles. The first-order chi connectivity index (χ1) is 11.9. The van der Waals surface area contributed by atoms with Gasteiger partial charge in [0.25, 0.3) is 0 Å². The second-order valence-corrected chi connectivity index (χ2v) is 7.03. The van der Waals surface area contributed by atoms with Crippen LogP contribution in [0.1, 0.15) is 34.6 Å². The van der Waals surface area contributed by atoms with Crippen LogP contribution in [-0.4, -0.2) is 98.1 Å². The van der Waals surface area contributed by atoms with Gasteiger partial charge in [-0.3, -0.25) is 14.8 Å². The van der Waals surface area contributed by atoms with Crippen LogP contribution in [0.5, 0.6) is 0 Å². The number of aliphatic hydroxyl groups is 1. The molecular formula is C18H39N5O2. The number of ether oxygens (including phenoxy) is 1. The highest BCUT2D eigenvalue weighted by atomic mass is 16.5. The molecule has 0 bridgehead atoms. The summed E-state index contributed by atoms with van der Waals surface area (Å²) in [5.74, 6) is 0.767. The van der Waals surface area contributed by atoms with Gasteiger partial charge in [0, 0.05) is 38.8 Å². The summed E-state index contributed by atoms with van der Waals surface area (Å²) in [5.41, 5.74) is -0.843. The van der Waals surface area contributed by atoms with Gasteiger partial charge in [0.05, 0.1) is 25.4 Å². The zero-order valence-corrected chi connectivity index (χ0v) is 16.8. The van der Waals surface area contributed by atoms with Gasteiger partial charge in [-0.15, -0.1) is 0 Å². The lowest BCUT2D eigenvalue weighted by Crippen LogP contribution is -2.49. The van der Waals surface area contributed by atoms with Gasteiger partial charge in [-0.05, 0) is 33.9 Å². The Bertz CT molecular complexity index is 380. The SMILES string of the molecule is CCNC(=NCC(C)(O)CN1CCOCC1)NCC(C)N(CC)CC. The maximum Gasteiger partial charge on any atom is 0.191 e. The molecule has 0 radical (unpaired) electrons. The number of rotatable bonds is 10. The predicted molar refractivity (Wildman–Crippen MR) is 104 cm³/mol. The average molecular weight is 358 g/mol. The molecule has 0 aromatic rings. The number of β-amino-alcohol motifs (C(OH)–C–C–N with tert-alkyl or cyclic N) is 1. The summed E-state index contributed by atoms with van der Waals surface area (Å²) < 4.78 is 5.36. The van der Waals surface area contributed by atoms with Crippen LogP contribution in [0.4, 0.5) is 0 Å². The number of nitrogens with one attached hydrogen (secondary N) is 2. The van der Waals surface area contributed by atoms with Crippen molar-refractivity contribution in [2.45, 2.75) is 46.3 Å². The number of guanidine groups is 1. The lowest BCUT2D eigenvalue weighted by Gasteiger charge is -2.33. The molecule has 0 spiro atoms. The Hall–Kier alpha value is -0.890. The highest BCUT2D eigenvalue weighted by Crippen LogP contribution is 2.09. The van der Waals surface area contributed by atoms with Gasteiger partial charge in [-0.25, -0.2) is 0 Å². The Balaban J connectivity index is 2.52. The van der Waals surface area contributed by atoms with E-state index in [-0.39, 0.29) is 0 Å². The van der Waals surface area contributed by atoms with Gasteiger partial charge in [0.15, 0.2) is 5.96 Å². The van der Waals surface area contributed by atoms with Crippen LogP contribution in [0.2, 0.25) is 0 Å². The minimum Gasteiger partial charge on any atom is -0.387 e. The molecule has 0 aliphatic carbocycles. The van der Waals surface area contributed by atoms with Gasteiger partial charge < -0.3 is 20.5 Å². The van der Waals surface area contributed by atoms with Crippen molar-refractivity contribution in [2.24, 2.45) is 4.99 Å². The summed E-state index contributed by atoms with van der Waals surface area (Å²) in [7, 11) is 0. The maximum atomic E-state index is 10.7. The molecule has 1 fully saturated rings. The molecule has 1 heterocycles. The fraction of sp³-hybridized carbons (Fsp3) is 0.944. The van der Waals surface area contributed by atoms with Crippen molar-refractivity contribution >= 4 is 5.96 Å². The van der Waals surface area contributed by atoms with Crippen molar-refractivity contribution < 1.29 is 9.84 Å². The molecule has 1 aliphatic rings. The standard InChI is InChI=1S/C18H39N5O2/c1-6-19-17(20-13-16(4)23(7-2)8-3)21-14-18(5,24)15-22-9-11-25-12-10-22/h16,24H,6-15H2,1-5H3,(H2,19,20,21). The number of likely N-dealkylation sites (N-methyl/N-ethyl adjacent to an activating group) is 1. The highest BCUT2D eigenvalue weighted by molar-refractivity contribution is 5.79. The largest absolute Gasteiger partial charge is 0.387 e. The summed E-state index contributed by atoms with van der Waals surface area (Å²) in [4.78, 5) is 9.25. The summed E-state index contributed by atoms with van der Waals surface area (Å²) in [5, 5.41) is 17.3. The van der Waals surface area contributed by atoms with Crippen molar-refractivity contribution in [3.05, 3.63) is 0 Å². The Morgan fingerprint density at radius 3 is 2.44 bits per heavy atom. The maximum absolute atomic E-state index is 10.7. The fourth-order valence-corrected chi connectivity index (χ4v) is 3.10. The molecule has 1 rings (SSSR count). The van der Waals surface area contributed by atoms with Crippen LogP contribution in [0.3, 0.4) is 0 Å². The molecule has 2 atom stereocenters. The summed E-state index contributed by atoms with van der Waals surface area (Å²) in [6.07, 6.45) is 0. The normalized spacial score (nSPS) is 20.4. The molecule has 25 heavy (non-hydrogen) atoms. The monoisotopic (exact) mass is 357 g/mol. The van der Waals surface area contributed by atoms with Crippen molar-refractivity contribution in [3.8, 4) is 0 Å². The van der Waals surface area contributed by atoms with Gasteiger partial charge >= 0.3 is 0 Å². The molecule has 0 saturated carbocycles. The second-order valence-electron chi connectivity index (χ2n) is 7.03. The van der Waals surface area contributed by atoms with Crippen LogP contribution in [0, 0.1) is 0 Å². The Labute approximate surface area is 153 Å². The first kappa shape index (κ1) is 22.2. The molecule has 2 unspecified atom stereocenters. The summed E-state index contributed by atoms with van der Waals surface area (Å²) in [6.45, 7) is 18.4. The van der Waals surface area contributed by atoms with Gasteiger partial charge in [0.2, 0.25) is 0 Å². The van der Waals surface area contributed by atoms with E-state index in [1.807, 2.05) is 6.92 Å². The first-order valence-electron chi connectivity index (χ1n) is 9.70. The highest BCUT2D eigenvalue weighted by Gasteiger charge is 2.25. The van der Waals surface area contributed by atoms with E-state index >= 15 is 0 Å². The smallest absolute Gasteiger partial charge is 0.191 e. The Morgan fingerprint density at radius 2 is 1.88 bits per heavy atom. The molecule has 1 saturated heterocycles. The van der Waals surface area contributed by atoms with E-state index < -0.39 is 5.60 Å². The first-order valence-corrected chi connectivity index (χ1v) is 9.70. The average Bonchev–Trinajstić information content (AvgIpc) is 2.59. The van der Waals surface area contributed by atoms with Crippen LogP contribution >= 0.6 is 0 Å². The van der Waals surface area contributed by atoms with Crippen LogP contribution < -0.4 is 10.6 Å². The molecule has 3 N–H and O–H groups in total. The number of nitrogens with zero attached hydrogens (tertiary/aromatic N) is 3. The van der Waals surface area contributed by atoms with E-state index in [1.54, 1.807) is 0 Å². The third kappa shape index (κ3) is 8.85. The van der Waals surface area contributed by atoms with E-state index in [4.69, 9.17) is 4.74 Å². The van der Waals surface area contributed by atoms with E-state index in [0.29, 0.717) is 19.1 Å². The van der Waals surface area contributed by atoms with Crippen LogP contribution in [0.15, 0.2) is 4.99 Å². The zero-order chi connectivity index (χ0) is 18.7. The number of aliphatic imine (C=N–C) groups is 1. The molecule has 148 valence electrons. The van der Waals surface area contributed by atoms with Crippen LogP contribution in [0.25, 0.3) is 0 Å². The zero-order valence-electron chi connectivity index (χ0n) is 16.8. The third-order valence-corrected chi connectivity index (χ3v) is 4.59. The molecule has 1 aliphatic heterocycles. The number of morpholine rings is 1. The minimum atomic E-state index is -0.843. The third-order valence-electron chi connectivity index (χ3n) is 4.59. The van der Waals surface area contributed by atoms with E-state index in [0.717, 1.165) is 58.4 Å². The minimum absolute atomic E-state index is 0.374. The van der Waals surface area contributed by atoms with E-state index in [2.05, 4.69) is 53.1 Å². The predicted octanol–water partition coefficient (Wildman–Crippen LogP) is 0.355. The fourth-order valence-electron chi connectivity index (χ4n) is 3.10. The number of hydrogen-bond acceptors (Lipinski definition) is 5. The lowest BCUT2D eigenvalue weighted by molar-refractivity contribution is -0.0180. The van der Waals surface area contributed by atoms with Crippen molar-refractivity contribution in [3.63, 3.8) is 0 Å². The summed E-state index contributed by atoms with van der Waals surface area (Å²) in [6, 6.07) is 0.438. The molecule has 7 heteroatoms. The van der Waals surface area contributed by atoms with Crippen molar-refractivity contribution in [1.82, 2.24) is 20.4 Å². The van der Waals surface area contributed by atoms with Gasteiger partial charge in [-0.1, -0.05) is 13.8 Å². The molecule has 7 nitrogen and oxygen atoms in total. The van der Waals surface area contributed by atoms with Crippen LogP contribution in [-0.2, 0) is 4.74 Å². The number of hydrogen-bond donors (Lipinski definition) is 3. The molecule has 0 amide bonds.